The van der Waals surface area contributed by atoms with Crippen LogP contribution in [-0.2, 0) is 24.0 Å². The van der Waals surface area contributed by atoms with Crippen molar-refractivity contribution in [2.24, 2.45) is 25.0 Å². The summed E-state index contributed by atoms with van der Waals surface area (Å²) in [7, 11) is 0. The van der Waals surface area contributed by atoms with E-state index in [1.807, 2.05) is 0 Å². The Morgan fingerprint density at radius 2 is 1.12 bits per heavy atom. The average molecular weight is 361 g/mol. The number of hydrogen-bond donors (Lipinski definition) is 0. The lowest BCUT2D eigenvalue weighted by Gasteiger charge is -2.21. The monoisotopic (exact) mass is 361 g/mol. The van der Waals surface area contributed by atoms with Gasteiger partial charge < -0.3 is 0 Å². The molecule has 0 aromatic rings. The number of isocyanates is 5. The van der Waals surface area contributed by atoms with Crippen LogP contribution in [0.3, 0.4) is 0 Å². The molecule has 10 heteroatoms. The van der Waals surface area contributed by atoms with Gasteiger partial charge in [-0.25, -0.2) is 29.0 Å². The Labute approximate surface area is 149 Å². The van der Waals surface area contributed by atoms with Crippen LogP contribution in [0, 0.1) is 0 Å². The minimum Gasteiger partial charge on any atom is -0.211 e. The molecule has 0 saturated heterocycles. The molecule has 0 bridgehead atoms. The second-order valence-electron chi connectivity index (χ2n) is 5.27. The van der Waals surface area contributed by atoms with E-state index in [0.29, 0.717) is 13.0 Å². The summed E-state index contributed by atoms with van der Waals surface area (Å²) in [6.45, 7) is 0.489. The SMILES string of the molecule is O=C=NCCCCCCCCCC(N=C=O)C(N=C=O)(N=C=O)N=C=O. The van der Waals surface area contributed by atoms with Crippen molar-refractivity contribution < 1.29 is 24.0 Å². The zero-order valence-electron chi connectivity index (χ0n) is 14.2. The van der Waals surface area contributed by atoms with Gasteiger partial charge in [0.1, 0.15) is 6.04 Å². The Morgan fingerprint density at radius 3 is 1.58 bits per heavy atom. The molecule has 0 rings (SSSR count). The standard InChI is InChI=1S/C16H19N5O5/c22-10-17-9-7-5-3-1-2-4-6-8-15(18-11-23)16(19-12-24,20-13-25)21-14-26/h15H,1-9H2. The highest BCUT2D eigenvalue weighted by Gasteiger charge is 2.39. The van der Waals surface area contributed by atoms with Crippen LogP contribution in [-0.4, -0.2) is 48.8 Å². The van der Waals surface area contributed by atoms with Crippen LogP contribution < -0.4 is 0 Å². The van der Waals surface area contributed by atoms with Crippen LogP contribution in [0.25, 0.3) is 0 Å². The fraction of sp³-hybridized carbons (Fsp3) is 0.688. The van der Waals surface area contributed by atoms with Crippen molar-refractivity contribution in [1.29, 1.82) is 0 Å². The molecule has 0 spiro atoms. The van der Waals surface area contributed by atoms with Gasteiger partial charge in [0.25, 0.3) is 5.79 Å². The van der Waals surface area contributed by atoms with E-state index < -0.39 is 11.8 Å². The second kappa shape index (κ2) is 15.4. The molecular formula is C16H19N5O5. The molecule has 0 radical (unpaired) electrons. The quantitative estimate of drug-likeness (QED) is 0.248. The highest BCUT2D eigenvalue weighted by molar-refractivity contribution is 5.44. The number of hydrogen-bond acceptors (Lipinski definition) is 10. The lowest BCUT2D eigenvalue weighted by atomic mass is 10.0. The smallest absolute Gasteiger partial charge is 0.211 e. The second-order valence-corrected chi connectivity index (χ2v) is 5.27. The third-order valence-electron chi connectivity index (χ3n) is 3.60. The minimum absolute atomic E-state index is 0.199. The molecule has 0 aliphatic heterocycles. The number of carbonyl (C=O) groups excluding carboxylic acids is 5. The normalized spacial score (nSPS) is 12.6. The van der Waals surface area contributed by atoms with Crippen LogP contribution in [0.5, 0.6) is 0 Å². The largest absolute Gasteiger partial charge is 0.300 e. The van der Waals surface area contributed by atoms with Crippen molar-refractivity contribution >= 4 is 30.4 Å². The van der Waals surface area contributed by atoms with E-state index in [-0.39, 0.29) is 6.42 Å². The third-order valence-corrected chi connectivity index (χ3v) is 3.60. The Morgan fingerprint density at radius 1 is 0.615 bits per heavy atom. The molecule has 1 atom stereocenters. The van der Waals surface area contributed by atoms with Crippen LogP contribution in [0.4, 0.5) is 0 Å². The molecule has 138 valence electrons. The Bertz CT molecular complexity index is 617. The van der Waals surface area contributed by atoms with E-state index in [1.54, 1.807) is 0 Å². The molecular weight excluding hydrogens is 342 g/mol. The molecule has 10 nitrogen and oxygen atoms in total. The van der Waals surface area contributed by atoms with Crippen LogP contribution in [0.15, 0.2) is 25.0 Å². The first-order valence-corrected chi connectivity index (χ1v) is 8.08. The van der Waals surface area contributed by atoms with Gasteiger partial charge in [-0.1, -0.05) is 38.5 Å². The van der Waals surface area contributed by atoms with E-state index in [2.05, 4.69) is 25.0 Å². The lowest BCUT2D eigenvalue weighted by Crippen LogP contribution is -2.35. The predicted octanol–water partition coefficient (Wildman–Crippen LogP) is 1.81. The fourth-order valence-electron chi connectivity index (χ4n) is 2.37. The number of unbranched alkanes of at least 4 members (excludes halogenated alkanes) is 6. The van der Waals surface area contributed by atoms with E-state index in [4.69, 9.17) is 0 Å². The fourth-order valence-corrected chi connectivity index (χ4v) is 2.37. The summed E-state index contributed by atoms with van der Waals surface area (Å²) in [5.74, 6) is -2.21. The number of aliphatic imine (C=N–C) groups is 5. The van der Waals surface area contributed by atoms with Crippen LogP contribution in [0.2, 0.25) is 0 Å². The summed E-state index contributed by atoms with van der Waals surface area (Å²) in [6.07, 6.45) is 12.5. The molecule has 1 unspecified atom stereocenters. The van der Waals surface area contributed by atoms with Gasteiger partial charge in [0.2, 0.25) is 30.4 Å². The van der Waals surface area contributed by atoms with Gasteiger partial charge in [-0.2, -0.15) is 4.99 Å². The molecule has 0 aliphatic carbocycles. The van der Waals surface area contributed by atoms with Crippen molar-refractivity contribution in [1.82, 2.24) is 0 Å². The van der Waals surface area contributed by atoms with E-state index >= 15 is 0 Å². The molecule has 0 aromatic heterocycles. The molecule has 0 fully saturated rings. The van der Waals surface area contributed by atoms with Crippen molar-refractivity contribution in [2.75, 3.05) is 6.54 Å². The van der Waals surface area contributed by atoms with Gasteiger partial charge in [0, 0.05) is 0 Å². The summed E-state index contributed by atoms with van der Waals surface area (Å²) in [5.41, 5.74) is 0. The summed E-state index contributed by atoms with van der Waals surface area (Å²) in [6, 6.07) is -1.15. The maximum absolute atomic E-state index is 10.6. The Balaban J connectivity index is 4.56. The van der Waals surface area contributed by atoms with Crippen LogP contribution in [0.1, 0.15) is 51.4 Å². The average Bonchev–Trinajstić information content (AvgIpc) is 2.63. The van der Waals surface area contributed by atoms with Gasteiger partial charge in [-0.3, -0.25) is 0 Å². The van der Waals surface area contributed by atoms with E-state index in [9.17, 15) is 24.0 Å². The Hall–Kier alpha value is -3.10. The predicted molar refractivity (Wildman–Crippen MR) is 88.9 cm³/mol. The third kappa shape index (κ3) is 9.26. The maximum Gasteiger partial charge on any atom is 0.300 e. The zero-order chi connectivity index (χ0) is 19.5. The Kier molecular flexibility index (Phi) is 13.6. The van der Waals surface area contributed by atoms with E-state index in [0.717, 1.165) is 56.8 Å². The highest BCUT2D eigenvalue weighted by Crippen LogP contribution is 2.26. The van der Waals surface area contributed by atoms with Crippen LogP contribution >= 0.6 is 0 Å². The summed E-state index contributed by atoms with van der Waals surface area (Å²) >= 11 is 0. The van der Waals surface area contributed by atoms with Crippen molar-refractivity contribution in [3.8, 4) is 0 Å². The van der Waals surface area contributed by atoms with Crippen molar-refractivity contribution in [2.45, 2.75) is 63.2 Å². The van der Waals surface area contributed by atoms with Crippen molar-refractivity contribution in [3.63, 3.8) is 0 Å². The summed E-state index contributed by atoms with van der Waals surface area (Å²) < 4.78 is 0. The molecule has 0 aliphatic rings. The number of nitrogens with zero attached hydrogens (tertiary/aromatic N) is 5. The minimum atomic E-state index is -2.21. The molecule has 0 aromatic carbocycles. The zero-order valence-corrected chi connectivity index (χ0v) is 14.2. The maximum atomic E-state index is 10.6. The van der Waals surface area contributed by atoms with Gasteiger partial charge in [-0.05, 0) is 12.8 Å². The topological polar surface area (TPSA) is 147 Å². The van der Waals surface area contributed by atoms with Gasteiger partial charge in [-0.15, -0.1) is 15.0 Å². The lowest BCUT2D eigenvalue weighted by molar-refractivity contribution is 0.344. The molecule has 0 saturated carbocycles. The van der Waals surface area contributed by atoms with Gasteiger partial charge in [0.15, 0.2) is 0 Å². The summed E-state index contributed by atoms with van der Waals surface area (Å²) in [4.78, 5) is 68.9. The molecule has 0 heterocycles. The summed E-state index contributed by atoms with van der Waals surface area (Å²) in [5, 5.41) is 0. The number of rotatable bonds is 15. The van der Waals surface area contributed by atoms with Gasteiger partial charge >= 0.3 is 0 Å². The molecule has 0 amide bonds. The van der Waals surface area contributed by atoms with E-state index in [1.165, 1.54) is 12.2 Å². The first kappa shape index (κ1) is 22.9. The highest BCUT2D eigenvalue weighted by atomic mass is 16.1. The van der Waals surface area contributed by atoms with Gasteiger partial charge in [0.05, 0.1) is 6.54 Å². The molecule has 0 N–H and O–H groups in total. The first-order valence-electron chi connectivity index (χ1n) is 8.08. The molecule has 26 heavy (non-hydrogen) atoms. The first-order chi connectivity index (χ1) is 12.7. The van der Waals surface area contributed by atoms with Crippen molar-refractivity contribution in [3.05, 3.63) is 0 Å².